The topological polar surface area (TPSA) is 85.1 Å². The van der Waals surface area contributed by atoms with Gasteiger partial charge in [0, 0.05) is 37.0 Å². The number of ether oxygens (including phenoxy) is 2. The Labute approximate surface area is 151 Å². The lowest BCUT2D eigenvalue weighted by Gasteiger charge is -2.39. The van der Waals surface area contributed by atoms with Crippen molar-refractivity contribution in [1.82, 2.24) is 0 Å². The van der Waals surface area contributed by atoms with E-state index in [-0.39, 0.29) is 5.69 Å². The Balaban J connectivity index is 1.75. The number of nitrogens with zero attached hydrogens (tertiary/aromatic N) is 2. The summed E-state index contributed by atoms with van der Waals surface area (Å²) in [6.45, 7) is 1.29. The first-order valence-corrected chi connectivity index (χ1v) is 8.40. The highest BCUT2D eigenvalue weighted by Gasteiger charge is 2.35. The van der Waals surface area contributed by atoms with Crippen LogP contribution in [0.5, 0.6) is 11.5 Å². The van der Waals surface area contributed by atoms with Gasteiger partial charge < -0.3 is 19.5 Å². The molecule has 1 saturated heterocycles. The minimum atomic E-state index is -0.959. The summed E-state index contributed by atoms with van der Waals surface area (Å²) in [4.78, 5) is 12.5. The van der Waals surface area contributed by atoms with E-state index in [1.807, 2.05) is 12.1 Å². The van der Waals surface area contributed by atoms with E-state index in [2.05, 4.69) is 4.90 Å². The first kappa shape index (κ1) is 18.0. The Hall–Kier alpha value is -2.80. The zero-order valence-electron chi connectivity index (χ0n) is 14.8. The average molecular weight is 358 g/mol. The van der Waals surface area contributed by atoms with Crippen LogP contribution in [-0.2, 0) is 5.60 Å². The van der Waals surface area contributed by atoms with Gasteiger partial charge in [-0.3, -0.25) is 10.1 Å². The zero-order chi connectivity index (χ0) is 18.7. The summed E-state index contributed by atoms with van der Waals surface area (Å²) >= 11 is 0. The van der Waals surface area contributed by atoms with Crippen LogP contribution in [0.1, 0.15) is 18.4 Å². The maximum absolute atomic E-state index is 11.1. The van der Waals surface area contributed by atoms with Crippen molar-refractivity contribution < 1.29 is 19.5 Å². The number of nitro groups is 1. The Morgan fingerprint density at radius 1 is 1.04 bits per heavy atom. The van der Waals surface area contributed by atoms with E-state index in [9.17, 15) is 15.2 Å². The van der Waals surface area contributed by atoms with Gasteiger partial charge in [-0.15, -0.1) is 0 Å². The van der Waals surface area contributed by atoms with Crippen molar-refractivity contribution in [3.63, 3.8) is 0 Å². The van der Waals surface area contributed by atoms with Crippen LogP contribution in [0.2, 0.25) is 0 Å². The Bertz CT molecular complexity index is 761. The van der Waals surface area contributed by atoms with Crippen molar-refractivity contribution in [3.05, 3.63) is 58.1 Å². The van der Waals surface area contributed by atoms with Crippen molar-refractivity contribution in [2.45, 2.75) is 18.4 Å². The molecule has 1 N–H and O–H groups in total. The molecule has 0 amide bonds. The van der Waals surface area contributed by atoms with Crippen LogP contribution in [-0.4, -0.2) is 37.3 Å². The highest BCUT2D eigenvalue weighted by atomic mass is 16.6. The summed E-state index contributed by atoms with van der Waals surface area (Å²) in [5.74, 6) is 1.29. The van der Waals surface area contributed by atoms with E-state index in [4.69, 9.17) is 9.47 Å². The third-order valence-electron chi connectivity index (χ3n) is 4.91. The number of rotatable bonds is 5. The third-order valence-corrected chi connectivity index (χ3v) is 4.91. The van der Waals surface area contributed by atoms with Gasteiger partial charge in [-0.25, -0.2) is 0 Å². The number of non-ortho nitro benzene ring substituents is 1. The molecule has 0 spiro atoms. The second-order valence-electron chi connectivity index (χ2n) is 6.39. The number of hydrogen-bond donors (Lipinski definition) is 1. The van der Waals surface area contributed by atoms with Crippen molar-refractivity contribution in [2.24, 2.45) is 0 Å². The molecule has 0 unspecified atom stereocenters. The lowest BCUT2D eigenvalue weighted by atomic mass is 9.84. The Morgan fingerprint density at radius 2 is 1.58 bits per heavy atom. The number of benzene rings is 2. The van der Waals surface area contributed by atoms with E-state index in [0.717, 1.165) is 11.3 Å². The molecule has 0 aliphatic carbocycles. The molecule has 0 bridgehead atoms. The van der Waals surface area contributed by atoms with Gasteiger partial charge in [0.15, 0.2) is 0 Å². The number of anilines is 1. The maximum Gasteiger partial charge on any atom is 0.269 e. The van der Waals surface area contributed by atoms with Gasteiger partial charge in [0.05, 0.1) is 24.7 Å². The normalized spacial score (nSPS) is 16.2. The van der Waals surface area contributed by atoms with Gasteiger partial charge in [0.25, 0.3) is 5.69 Å². The largest absolute Gasteiger partial charge is 0.497 e. The molecule has 1 heterocycles. The molecule has 138 valence electrons. The highest BCUT2D eigenvalue weighted by Crippen LogP contribution is 2.38. The summed E-state index contributed by atoms with van der Waals surface area (Å²) in [6, 6.07) is 12.0. The molecule has 0 radical (unpaired) electrons. The summed E-state index contributed by atoms with van der Waals surface area (Å²) in [7, 11) is 3.17. The van der Waals surface area contributed by atoms with Gasteiger partial charge in [-0.2, -0.15) is 0 Å². The molecule has 3 rings (SSSR count). The molecule has 1 fully saturated rings. The lowest BCUT2D eigenvalue weighted by Crippen LogP contribution is -2.42. The minimum absolute atomic E-state index is 0.0748. The van der Waals surface area contributed by atoms with Gasteiger partial charge in [-0.05, 0) is 42.7 Å². The first-order valence-electron chi connectivity index (χ1n) is 8.40. The fourth-order valence-electron chi connectivity index (χ4n) is 3.28. The lowest BCUT2D eigenvalue weighted by molar-refractivity contribution is -0.384. The third kappa shape index (κ3) is 3.57. The predicted molar refractivity (Wildman–Crippen MR) is 98.0 cm³/mol. The van der Waals surface area contributed by atoms with Crippen LogP contribution in [0.4, 0.5) is 11.4 Å². The summed E-state index contributed by atoms with van der Waals surface area (Å²) in [6.07, 6.45) is 1.08. The molecule has 0 atom stereocenters. The van der Waals surface area contributed by atoms with E-state index < -0.39 is 10.5 Å². The van der Waals surface area contributed by atoms with Crippen molar-refractivity contribution >= 4 is 11.4 Å². The van der Waals surface area contributed by atoms with Crippen molar-refractivity contribution in [3.8, 4) is 11.5 Å². The van der Waals surface area contributed by atoms with Crippen LogP contribution < -0.4 is 14.4 Å². The second kappa shape index (κ2) is 7.21. The summed E-state index contributed by atoms with van der Waals surface area (Å²) in [5.41, 5.74) is 0.808. The predicted octanol–water partition coefficient (Wildman–Crippen LogP) is 3.10. The van der Waals surface area contributed by atoms with Crippen LogP contribution in [0.25, 0.3) is 0 Å². The number of nitro benzene ring substituents is 1. The highest BCUT2D eigenvalue weighted by molar-refractivity contribution is 5.51. The van der Waals surface area contributed by atoms with Crippen LogP contribution >= 0.6 is 0 Å². The van der Waals surface area contributed by atoms with E-state index in [0.29, 0.717) is 37.4 Å². The maximum atomic E-state index is 11.1. The quantitative estimate of drug-likeness (QED) is 0.653. The van der Waals surface area contributed by atoms with Crippen molar-refractivity contribution in [1.29, 1.82) is 0 Å². The number of aliphatic hydroxyl groups is 1. The number of methoxy groups -OCH3 is 2. The molecule has 0 saturated carbocycles. The average Bonchev–Trinajstić information content (AvgIpc) is 2.68. The monoisotopic (exact) mass is 358 g/mol. The first-order chi connectivity index (χ1) is 12.4. The second-order valence-corrected chi connectivity index (χ2v) is 6.39. The van der Waals surface area contributed by atoms with Gasteiger partial charge >= 0.3 is 0 Å². The van der Waals surface area contributed by atoms with Gasteiger partial charge in [0.1, 0.15) is 11.5 Å². The Kier molecular flexibility index (Phi) is 4.99. The van der Waals surface area contributed by atoms with Gasteiger partial charge in [0.2, 0.25) is 0 Å². The smallest absolute Gasteiger partial charge is 0.269 e. The molecular weight excluding hydrogens is 336 g/mol. The van der Waals surface area contributed by atoms with Gasteiger partial charge in [-0.1, -0.05) is 0 Å². The van der Waals surface area contributed by atoms with Crippen LogP contribution in [0.15, 0.2) is 42.5 Å². The van der Waals surface area contributed by atoms with Crippen LogP contribution in [0, 0.1) is 10.1 Å². The Morgan fingerprint density at radius 3 is 2.04 bits per heavy atom. The molecule has 1 aliphatic heterocycles. The standard InChI is InChI=1S/C19H22N2O5/c1-25-17-11-14(12-18(13-17)26-2)19(22)7-9-20(10-8-19)15-3-5-16(6-4-15)21(23)24/h3-6,11-13,22H,7-10H2,1-2H3. The minimum Gasteiger partial charge on any atom is -0.497 e. The van der Waals surface area contributed by atoms with E-state index in [1.54, 1.807) is 32.4 Å². The van der Waals surface area contributed by atoms with E-state index >= 15 is 0 Å². The molecule has 7 heteroatoms. The molecule has 0 aromatic heterocycles. The zero-order valence-corrected chi connectivity index (χ0v) is 14.8. The van der Waals surface area contributed by atoms with Crippen LogP contribution in [0.3, 0.4) is 0 Å². The summed E-state index contributed by atoms with van der Waals surface area (Å²) in [5, 5.41) is 21.9. The molecule has 1 aliphatic rings. The fourth-order valence-corrected chi connectivity index (χ4v) is 3.28. The number of hydrogen-bond acceptors (Lipinski definition) is 6. The molecule has 2 aromatic carbocycles. The number of piperidine rings is 1. The molecular formula is C19H22N2O5. The van der Waals surface area contributed by atoms with E-state index in [1.165, 1.54) is 12.1 Å². The molecule has 7 nitrogen and oxygen atoms in total. The SMILES string of the molecule is COc1cc(OC)cc(C2(O)CCN(c3ccc([N+](=O)[O-])cc3)CC2)c1. The molecule has 2 aromatic rings. The van der Waals surface area contributed by atoms with Crippen molar-refractivity contribution in [2.75, 3.05) is 32.2 Å². The summed E-state index contributed by atoms with van der Waals surface area (Å²) < 4.78 is 10.6. The molecule has 26 heavy (non-hydrogen) atoms. The fraction of sp³-hybridized carbons (Fsp3) is 0.368.